The van der Waals surface area contributed by atoms with Crippen molar-refractivity contribution in [3.63, 3.8) is 0 Å². The number of nitrogens with zero attached hydrogens (tertiary/aromatic N) is 1. The van der Waals surface area contributed by atoms with Gasteiger partial charge in [-0.2, -0.15) is 0 Å². The van der Waals surface area contributed by atoms with Crippen molar-refractivity contribution in [1.29, 1.82) is 0 Å². The molecule has 0 spiro atoms. The van der Waals surface area contributed by atoms with Gasteiger partial charge in [0.2, 0.25) is 0 Å². The molecule has 0 aliphatic heterocycles. The van der Waals surface area contributed by atoms with Crippen LogP contribution in [0.5, 0.6) is 11.5 Å². The summed E-state index contributed by atoms with van der Waals surface area (Å²) in [5.41, 5.74) is 1.28. The first-order valence-corrected chi connectivity index (χ1v) is 6.75. The van der Waals surface area contributed by atoms with Crippen molar-refractivity contribution in [3.8, 4) is 11.5 Å². The second-order valence-electron chi connectivity index (χ2n) is 4.70. The second kappa shape index (κ2) is 8.77. The van der Waals surface area contributed by atoms with Crippen molar-refractivity contribution in [2.45, 2.75) is 12.8 Å². The third kappa shape index (κ3) is 5.49. The Morgan fingerprint density at radius 3 is 2.47 bits per heavy atom. The summed E-state index contributed by atoms with van der Waals surface area (Å²) in [6.07, 6.45) is 2.20. The Hall–Kier alpha value is -1.26. The topological polar surface area (TPSA) is 33.7 Å². The van der Waals surface area contributed by atoms with E-state index < -0.39 is 0 Å². The molecular formula is C15H26N2O2. The monoisotopic (exact) mass is 266 g/mol. The summed E-state index contributed by atoms with van der Waals surface area (Å²) in [4.78, 5) is 2.36. The van der Waals surface area contributed by atoms with Crippen molar-refractivity contribution < 1.29 is 9.47 Å². The van der Waals surface area contributed by atoms with Gasteiger partial charge in [-0.25, -0.2) is 0 Å². The average molecular weight is 266 g/mol. The number of rotatable bonds is 9. The quantitative estimate of drug-likeness (QED) is 0.691. The number of benzene rings is 1. The first-order valence-electron chi connectivity index (χ1n) is 6.75. The van der Waals surface area contributed by atoms with Crippen LogP contribution in [0.15, 0.2) is 18.2 Å². The smallest absolute Gasteiger partial charge is 0.160 e. The molecule has 0 aromatic heterocycles. The summed E-state index contributed by atoms with van der Waals surface area (Å²) in [6.45, 7) is 3.24. The molecule has 4 nitrogen and oxygen atoms in total. The molecule has 0 heterocycles. The highest BCUT2D eigenvalue weighted by atomic mass is 16.5. The predicted molar refractivity (Wildman–Crippen MR) is 79.3 cm³/mol. The summed E-state index contributed by atoms with van der Waals surface area (Å²) in [5.74, 6) is 1.59. The Morgan fingerprint density at radius 1 is 1.11 bits per heavy atom. The van der Waals surface area contributed by atoms with E-state index in [1.165, 1.54) is 12.0 Å². The highest BCUT2D eigenvalue weighted by Crippen LogP contribution is 2.27. The van der Waals surface area contributed by atoms with Crippen LogP contribution >= 0.6 is 0 Å². The summed E-state index contributed by atoms with van der Waals surface area (Å²) < 4.78 is 10.6. The van der Waals surface area contributed by atoms with Crippen LogP contribution in [-0.2, 0) is 6.42 Å². The average Bonchev–Trinajstić information content (AvgIpc) is 2.45. The molecule has 0 radical (unpaired) electrons. The van der Waals surface area contributed by atoms with Gasteiger partial charge in [-0.1, -0.05) is 6.07 Å². The van der Waals surface area contributed by atoms with Crippen LogP contribution in [0.25, 0.3) is 0 Å². The minimum atomic E-state index is 0.786. The van der Waals surface area contributed by atoms with Crippen molar-refractivity contribution >= 4 is 0 Å². The molecule has 0 saturated carbocycles. The van der Waals surface area contributed by atoms with Crippen LogP contribution in [-0.4, -0.2) is 52.8 Å². The maximum Gasteiger partial charge on any atom is 0.160 e. The van der Waals surface area contributed by atoms with E-state index in [1.54, 1.807) is 14.2 Å². The van der Waals surface area contributed by atoms with E-state index in [9.17, 15) is 0 Å². The largest absolute Gasteiger partial charge is 0.493 e. The van der Waals surface area contributed by atoms with Gasteiger partial charge >= 0.3 is 0 Å². The van der Waals surface area contributed by atoms with Gasteiger partial charge in [0.1, 0.15) is 0 Å². The Bertz CT molecular complexity index is 369. The third-order valence-corrected chi connectivity index (χ3v) is 3.20. The van der Waals surface area contributed by atoms with Gasteiger partial charge in [0.05, 0.1) is 14.2 Å². The van der Waals surface area contributed by atoms with E-state index in [1.807, 2.05) is 13.1 Å². The summed E-state index contributed by atoms with van der Waals surface area (Å²) in [6, 6.07) is 6.12. The fraction of sp³-hybridized carbons (Fsp3) is 0.600. The summed E-state index contributed by atoms with van der Waals surface area (Å²) >= 11 is 0. The molecule has 1 N–H and O–H groups in total. The van der Waals surface area contributed by atoms with Crippen LogP contribution in [0.1, 0.15) is 12.0 Å². The first kappa shape index (κ1) is 15.8. The molecule has 1 aromatic rings. The lowest BCUT2D eigenvalue weighted by molar-refractivity contribution is 0.331. The summed E-state index contributed by atoms with van der Waals surface area (Å²) in [7, 11) is 7.48. The Balaban J connectivity index is 2.44. The number of likely N-dealkylation sites (N-methyl/N-ethyl adjacent to an activating group) is 1. The Labute approximate surface area is 116 Å². The predicted octanol–water partition coefficient (Wildman–Crippen LogP) is 1.79. The van der Waals surface area contributed by atoms with E-state index in [4.69, 9.17) is 9.47 Å². The SMILES string of the molecule is CNCCCN(C)CCc1ccc(OC)c(OC)c1. The van der Waals surface area contributed by atoms with Crippen molar-refractivity contribution in [2.75, 3.05) is 47.9 Å². The molecular weight excluding hydrogens is 240 g/mol. The molecule has 0 saturated heterocycles. The zero-order valence-electron chi connectivity index (χ0n) is 12.5. The lowest BCUT2D eigenvalue weighted by Gasteiger charge is -2.17. The van der Waals surface area contributed by atoms with Gasteiger partial charge in [0, 0.05) is 6.54 Å². The van der Waals surface area contributed by atoms with Gasteiger partial charge in [0.15, 0.2) is 11.5 Å². The van der Waals surface area contributed by atoms with E-state index in [2.05, 4.69) is 29.4 Å². The molecule has 1 aromatic carbocycles. The second-order valence-corrected chi connectivity index (χ2v) is 4.70. The fourth-order valence-electron chi connectivity index (χ4n) is 1.99. The zero-order valence-corrected chi connectivity index (χ0v) is 12.5. The van der Waals surface area contributed by atoms with Crippen LogP contribution < -0.4 is 14.8 Å². The van der Waals surface area contributed by atoms with E-state index in [0.717, 1.165) is 37.6 Å². The number of hydrogen-bond acceptors (Lipinski definition) is 4. The first-order chi connectivity index (χ1) is 9.21. The molecule has 0 amide bonds. The van der Waals surface area contributed by atoms with Gasteiger partial charge in [0.25, 0.3) is 0 Å². The highest BCUT2D eigenvalue weighted by Gasteiger charge is 2.05. The molecule has 0 fully saturated rings. The Kier molecular flexibility index (Phi) is 7.30. The van der Waals surface area contributed by atoms with E-state index in [0.29, 0.717) is 0 Å². The molecule has 19 heavy (non-hydrogen) atoms. The van der Waals surface area contributed by atoms with E-state index in [-0.39, 0.29) is 0 Å². The van der Waals surface area contributed by atoms with Crippen LogP contribution in [0.4, 0.5) is 0 Å². The number of nitrogens with one attached hydrogen (secondary N) is 1. The Morgan fingerprint density at radius 2 is 1.84 bits per heavy atom. The van der Waals surface area contributed by atoms with Crippen molar-refractivity contribution in [3.05, 3.63) is 23.8 Å². The lowest BCUT2D eigenvalue weighted by atomic mass is 10.1. The lowest BCUT2D eigenvalue weighted by Crippen LogP contribution is -2.24. The normalized spacial score (nSPS) is 10.8. The van der Waals surface area contributed by atoms with Crippen LogP contribution in [0.2, 0.25) is 0 Å². The third-order valence-electron chi connectivity index (χ3n) is 3.20. The number of hydrogen-bond donors (Lipinski definition) is 1. The molecule has 0 aliphatic rings. The van der Waals surface area contributed by atoms with Crippen molar-refractivity contribution in [1.82, 2.24) is 10.2 Å². The standard InChI is InChI=1S/C15H26N2O2/c1-16-9-5-10-17(2)11-8-13-6-7-14(18-3)15(12-13)19-4/h6-7,12,16H,5,8-11H2,1-4H3. The molecule has 0 aliphatic carbocycles. The van der Waals surface area contributed by atoms with Gasteiger partial charge in [-0.05, 0) is 57.7 Å². The minimum absolute atomic E-state index is 0.786. The van der Waals surface area contributed by atoms with Gasteiger partial charge in [-0.3, -0.25) is 0 Å². The molecule has 0 bridgehead atoms. The molecule has 0 unspecified atom stereocenters. The highest BCUT2D eigenvalue weighted by molar-refractivity contribution is 5.42. The summed E-state index contributed by atoms with van der Waals surface area (Å²) in [5, 5.41) is 3.17. The molecule has 108 valence electrons. The zero-order chi connectivity index (χ0) is 14.1. The van der Waals surface area contributed by atoms with Crippen molar-refractivity contribution in [2.24, 2.45) is 0 Å². The maximum atomic E-state index is 5.32. The molecule has 4 heteroatoms. The minimum Gasteiger partial charge on any atom is -0.493 e. The molecule has 0 atom stereocenters. The van der Waals surface area contributed by atoms with Gasteiger partial charge < -0.3 is 19.7 Å². The van der Waals surface area contributed by atoms with Crippen LogP contribution in [0, 0.1) is 0 Å². The fourth-order valence-corrected chi connectivity index (χ4v) is 1.99. The maximum absolute atomic E-state index is 5.32. The van der Waals surface area contributed by atoms with E-state index >= 15 is 0 Å². The number of methoxy groups -OCH3 is 2. The number of ether oxygens (including phenoxy) is 2. The van der Waals surface area contributed by atoms with Gasteiger partial charge in [-0.15, -0.1) is 0 Å². The molecule has 1 rings (SSSR count). The van der Waals surface area contributed by atoms with Crippen LogP contribution in [0.3, 0.4) is 0 Å².